The summed E-state index contributed by atoms with van der Waals surface area (Å²) in [5, 5.41) is 0. The molecule has 1 aromatic carbocycles. The van der Waals surface area contributed by atoms with Crippen LogP contribution in [-0.4, -0.2) is 25.7 Å². The largest absolute Gasteiger partial charge is 0.299 e. The van der Waals surface area contributed by atoms with E-state index < -0.39 is 9.84 Å². The molecule has 1 heterocycles. The third kappa shape index (κ3) is 3.86. The first kappa shape index (κ1) is 14.2. The van der Waals surface area contributed by atoms with Crippen LogP contribution in [0.2, 0.25) is 0 Å². The van der Waals surface area contributed by atoms with Crippen LogP contribution in [-0.2, 0) is 21.1 Å². The Hall–Kier alpha value is -1.23. The molecule has 1 aliphatic rings. The van der Waals surface area contributed by atoms with Crippen LogP contribution >= 0.6 is 0 Å². The Morgan fingerprint density at radius 1 is 1.42 bits per heavy atom. The molecule has 0 spiro atoms. The molecule has 0 saturated carbocycles. The minimum absolute atomic E-state index is 0.0248. The van der Waals surface area contributed by atoms with Crippen LogP contribution in [0.15, 0.2) is 18.2 Å². The van der Waals surface area contributed by atoms with Crippen LogP contribution in [0, 0.1) is 18.7 Å². The lowest BCUT2D eigenvalue weighted by molar-refractivity contribution is -0.119. The molecule has 1 atom stereocenters. The summed E-state index contributed by atoms with van der Waals surface area (Å²) in [5.41, 5.74) is 1.57. The quantitative estimate of drug-likeness (QED) is 0.850. The molecular weight excluding hydrogens is 267 g/mol. The van der Waals surface area contributed by atoms with E-state index in [9.17, 15) is 17.6 Å². The molecule has 1 saturated heterocycles. The van der Waals surface area contributed by atoms with E-state index in [1.807, 2.05) is 0 Å². The molecule has 1 unspecified atom stereocenters. The number of aryl methyl sites for hydroxylation is 1. The van der Waals surface area contributed by atoms with E-state index >= 15 is 0 Å². The van der Waals surface area contributed by atoms with E-state index in [1.165, 1.54) is 12.1 Å². The Morgan fingerprint density at radius 3 is 2.74 bits per heavy atom. The number of hydrogen-bond acceptors (Lipinski definition) is 3. The Morgan fingerprint density at radius 2 is 2.16 bits per heavy atom. The van der Waals surface area contributed by atoms with E-state index in [0.717, 1.165) is 11.1 Å². The van der Waals surface area contributed by atoms with Crippen molar-refractivity contribution < 1.29 is 17.6 Å². The molecule has 0 amide bonds. The smallest absolute Gasteiger partial charge is 0.150 e. The lowest BCUT2D eigenvalue weighted by Gasteiger charge is -2.08. The maximum absolute atomic E-state index is 12.9. The number of rotatable bonds is 4. The summed E-state index contributed by atoms with van der Waals surface area (Å²) in [6, 6.07) is 4.37. The molecule has 5 heteroatoms. The number of ketones is 1. The van der Waals surface area contributed by atoms with E-state index in [-0.39, 0.29) is 35.4 Å². The third-order valence-electron chi connectivity index (χ3n) is 3.54. The Labute approximate surface area is 112 Å². The summed E-state index contributed by atoms with van der Waals surface area (Å²) in [4.78, 5) is 11.9. The van der Waals surface area contributed by atoms with Crippen molar-refractivity contribution in [3.63, 3.8) is 0 Å². The highest BCUT2D eigenvalue weighted by Gasteiger charge is 2.29. The van der Waals surface area contributed by atoms with Gasteiger partial charge in [0.2, 0.25) is 0 Å². The van der Waals surface area contributed by atoms with Gasteiger partial charge in [-0.3, -0.25) is 4.79 Å². The fraction of sp³-hybridized carbons (Fsp3) is 0.500. The minimum atomic E-state index is -2.93. The molecule has 0 bridgehead atoms. The standard InChI is InChI=1S/C14H17FO3S/c1-10-6-13(15)3-2-12(10)8-14(16)7-11-4-5-19(17,18)9-11/h2-3,6,11H,4-5,7-9H2,1H3. The number of Topliss-reactive ketones (excluding diaryl/α,β-unsaturated/α-hetero) is 1. The second-order valence-electron chi connectivity index (χ2n) is 5.26. The van der Waals surface area contributed by atoms with Gasteiger partial charge in [-0.1, -0.05) is 6.07 Å². The summed E-state index contributed by atoms with van der Waals surface area (Å²) in [6.07, 6.45) is 1.13. The molecule has 0 aromatic heterocycles. The monoisotopic (exact) mass is 284 g/mol. The van der Waals surface area contributed by atoms with Gasteiger partial charge in [-0.2, -0.15) is 0 Å². The van der Waals surface area contributed by atoms with Gasteiger partial charge in [0.1, 0.15) is 11.6 Å². The molecule has 0 N–H and O–H groups in total. The average molecular weight is 284 g/mol. The zero-order valence-electron chi connectivity index (χ0n) is 10.9. The number of carbonyl (C=O) groups excluding carboxylic acids is 1. The maximum atomic E-state index is 12.9. The van der Waals surface area contributed by atoms with Gasteiger partial charge >= 0.3 is 0 Å². The summed E-state index contributed by atoms with van der Waals surface area (Å²) in [5.74, 6) is -0.00701. The fourth-order valence-corrected chi connectivity index (χ4v) is 4.36. The molecular formula is C14H17FO3S. The van der Waals surface area contributed by atoms with E-state index in [1.54, 1.807) is 13.0 Å². The van der Waals surface area contributed by atoms with Crippen molar-refractivity contribution in [2.75, 3.05) is 11.5 Å². The van der Waals surface area contributed by atoms with Crippen molar-refractivity contribution in [2.45, 2.75) is 26.2 Å². The molecule has 2 rings (SSSR count). The lowest BCUT2D eigenvalue weighted by atomic mass is 9.96. The van der Waals surface area contributed by atoms with Gasteiger partial charge in [-0.25, -0.2) is 12.8 Å². The summed E-state index contributed by atoms with van der Waals surface area (Å²) < 4.78 is 35.6. The number of sulfone groups is 1. The van der Waals surface area contributed by atoms with Gasteiger partial charge in [-0.15, -0.1) is 0 Å². The zero-order valence-corrected chi connectivity index (χ0v) is 11.7. The highest BCUT2D eigenvalue weighted by atomic mass is 32.2. The van der Waals surface area contributed by atoms with Crippen LogP contribution in [0.3, 0.4) is 0 Å². The van der Waals surface area contributed by atoms with Gasteiger partial charge in [0.25, 0.3) is 0 Å². The van der Waals surface area contributed by atoms with Gasteiger partial charge in [0.15, 0.2) is 9.84 Å². The Bertz CT molecular complexity index is 593. The van der Waals surface area contributed by atoms with Crippen LogP contribution in [0.4, 0.5) is 4.39 Å². The van der Waals surface area contributed by atoms with Crippen LogP contribution in [0.25, 0.3) is 0 Å². The van der Waals surface area contributed by atoms with E-state index in [0.29, 0.717) is 12.8 Å². The maximum Gasteiger partial charge on any atom is 0.150 e. The molecule has 104 valence electrons. The average Bonchev–Trinajstić information content (AvgIpc) is 2.62. The normalized spacial score (nSPS) is 21.5. The molecule has 19 heavy (non-hydrogen) atoms. The van der Waals surface area contributed by atoms with Crippen LogP contribution in [0.5, 0.6) is 0 Å². The fourth-order valence-electron chi connectivity index (χ4n) is 2.50. The van der Waals surface area contributed by atoms with Crippen LogP contribution in [0.1, 0.15) is 24.0 Å². The van der Waals surface area contributed by atoms with Gasteiger partial charge in [-0.05, 0) is 42.5 Å². The molecule has 3 nitrogen and oxygen atoms in total. The van der Waals surface area contributed by atoms with Gasteiger partial charge in [0.05, 0.1) is 11.5 Å². The first-order chi connectivity index (χ1) is 8.85. The minimum Gasteiger partial charge on any atom is -0.299 e. The van der Waals surface area contributed by atoms with Gasteiger partial charge in [0, 0.05) is 12.8 Å². The second-order valence-corrected chi connectivity index (χ2v) is 7.49. The Kier molecular flexibility index (Phi) is 4.04. The molecule has 0 radical (unpaired) electrons. The van der Waals surface area contributed by atoms with E-state index in [2.05, 4.69) is 0 Å². The Balaban J connectivity index is 1.95. The second kappa shape index (κ2) is 5.41. The van der Waals surface area contributed by atoms with Crippen LogP contribution < -0.4 is 0 Å². The van der Waals surface area contributed by atoms with Crippen molar-refractivity contribution in [1.82, 2.24) is 0 Å². The van der Waals surface area contributed by atoms with E-state index in [4.69, 9.17) is 0 Å². The number of carbonyl (C=O) groups is 1. The van der Waals surface area contributed by atoms with Crippen molar-refractivity contribution in [3.8, 4) is 0 Å². The third-order valence-corrected chi connectivity index (χ3v) is 5.37. The first-order valence-electron chi connectivity index (χ1n) is 6.33. The molecule has 1 aromatic rings. The first-order valence-corrected chi connectivity index (χ1v) is 8.15. The molecule has 1 aliphatic heterocycles. The van der Waals surface area contributed by atoms with Crippen molar-refractivity contribution in [3.05, 3.63) is 35.1 Å². The molecule has 1 fully saturated rings. The number of halogens is 1. The van der Waals surface area contributed by atoms with Crippen molar-refractivity contribution in [1.29, 1.82) is 0 Å². The number of hydrogen-bond donors (Lipinski definition) is 0. The summed E-state index contributed by atoms with van der Waals surface area (Å²) in [6.45, 7) is 1.77. The van der Waals surface area contributed by atoms with Crippen molar-refractivity contribution in [2.24, 2.45) is 5.92 Å². The summed E-state index contributed by atoms with van der Waals surface area (Å²) >= 11 is 0. The molecule has 0 aliphatic carbocycles. The number of benzene rings is 1. The SMILES string of the molecule is Cc1cc(F)ccc1CC(=O)CC1CCS(=O)(=O)C1. The highest BCUT2D eigenvalue weighted by molar-refractivity contribution is 7.91. The predicted octanol–water partition coefficient (Wildman–Crippen LogP) is 2.07. The predicted molar refractivity (Wildman–Crippen MR) is 71.2 cm³/mol. The highest BCUT2D eigenvalue weighted by Crippen LogP contribution is 2.23. The topological polar surface area (TPSA) is 51.2 Å². The van der Waals surface area contributed by atoms with Crippen molar-refractivity contribution >= 4 is 15.6 Å². The lowest BCUT2D eigenvalue weighted by Crippen LogP contribution is -2.12. The summed E-state index contributed by atoms with van der Waals surface area (Å²) in [7, 11) is -2.93. The zero-order chi connectivity index (χ0) is 14.0. The van der Waals surface area contributed by atoms with Gasteiger partial charge < -0.3 is 0 Å².